The molecule has 1 rings (SSSR count). The maximum atomic E-state index is 11.8. The lowest BCUT2D eigenvalue weighted by atomic mass is 10.0. The summed E-state index contributed by atoms with van der Waals surface area (Å²) in [5.41, 5.74) is 5.39. The number of nitrogens with one attached hydrogen (secondary N) is 1. The van der Waals surface area contributed by atoms with Crippen LogP contribution in [-0.4, -0.2) is 32.9 Å². The summed E-state index contributed by atoms with van der Waals surface area (Å²) in [4.78, 5) is 11.8. The topological polar surface area (TPSA) is 93.2 Å². The van der Waals surface area contributed by atoms with Crippen molar-refractivity contribution in [3.63, 3.8) is 0 Å². The van der Waals surface area contributed by atoms with Crippen molar-refractivity contribution >= 4 is 11.6 Å². The van der Waals surface area contributed by atoms with E-state index in [0.717, 1.165) is 6.42 Å². The molecule has 0 aliphatic heterocycles. The number of hydrogen-bond acceptors (Lipinski definition) is 4. The van der Waals surface area contributed by atoms with Crippen molar-refractivity contribution in [1.82, 2.24) is 15.1 Å². The molecule has 0 fully saturated rings. The Morgan fingerprint density at radius 3 is 2.82 bits per heavy atom. The summed E-state index contributed by atoms with van der Waals surface area (Å²) < 4.78 is 1.42. The third-order valence-electron chi connectivity index (χ3n) is 2.60. The van der Waals surface area contributed by atoms with Crippen LogP contribution in [0.5, 0.6) is 0 Å². The Morgan fingerprint density at radius 1 is 1.71 bits per heavy atom. The van der Waals surface area contributed by atoms with Gasteiger partial charge in [0.1, 0.15) is 5.69 Å². The normalized spacial score (nSPS) is 14.4. The molecule has 1 heterocycles. The number of nitrogens with zero attached hydrogens (tertiary/aromatic N) is 2. The summed E-state index contributed by atoms with van der Waals surface area (Å²) >= 11 is 0. The second kappa shape index (κ2) is 5.18. The number of carbonyl (C=O) groups excluding carboxylic acids is 1. The number of aliphatic hydroxyl groups is 1. The number of amides is 1. The molecule has 4 N–H and O–H groups in total. The molecule has 0 saturated heterocycles. The van der Waals surface area contributed by atoms with Crippen LogP contribution in [0.3, 0.4) is 0 Å². The van der Waals surface area contributed by atoms with Gasteiger partial charge in [-0.15, -0.1) is 0 Å². The highest BCUT2D eigenvalue weighted by Crippen LogP contribution is 2.12. The summed E-state index contributed by atoms with van der Waals surface area (Å²) in [6, 6.07) is 0. The molecule has 17 heavy (non-hydrogen) atoms. The van der Waals surface area contributed by atoms with Crippen molar-refractivity contribution in [1.29, 1.82) is 0 Å². The number of rotatable bonds is 5. The van der Waals surface area contributed by atoms with E-state index in [-0.39, 0.29) is 12.5 Å². The third kappa shape index (κ3) is 3.45. The zero-order valence-electron chi connectivity index (χ0n) is 10.5. The summed E-state index contributed by atoms with van der Waals surface area (Å²) in [5, 5.41) is 16.5. The van der Waals surface area contributed by atoms with Crippen molar-refractivity contribution in [3.8, 4) is 0 Å². The summed E-state index contributed by atoms with van der Waals surface area (Å²) in [6.45, 7) is 3.88. The van der Waals surface area contributed by atoms with E-state index in [1.807, 2.05) is 6.92 Å². The van der Waals surface area contributed by atoms with Gasteiger partial charge in [0.15, 0.2) is 0 Å². The molecule has 0 bridgehead atoms. The summed E-state index contributed by atoms with van der Waals surface area (Å²) in [7, 11) is 1.65. The quantitative estimate of drug-likeness (QED) is 0.689. The lowest BCUT2D eigenvalue weighted by molar-refractivity contribution is 0.0467. The van der Waals surface area contributed by atoms with E-state index in [0.29, 0.717) is 17.8 Å². The molecule has 1 unspecified atom stereocenters. The van der Waals surface area contributed by atoms with Crippen LogP contribution in [-0.2, 0) is 7.05 Å². The molecular formula is C11H20N4O2. The van der Waals surface area contributed by atoms with Crippen molar-refractivity contribution in [2.24, 2.45) is 7.05 Å². The average molecular weight is 240 g/mol. The molecule has 0 saturated carbocycles. The number of aromatic nitrogens is 2. The number of hydrogen-bond donors (Lipinski definition) is 3. The minimum atomic E-state index is -0.891. The van der Waals surface area contributed by atoms with Gasteiger partial charge in [-0.1, -0.05) is 13.3 Å². The van der Waals surface area contributed by atoms with Gasteiger partial charge < -0.3 is 16.2 Å². The van der Waals surface area contributed by atoms with Crippen LogP contribution in [0.4, 0.5) is 5.69 Å². The largest absolute Gasteiger partial charge is 0.396 e. The first-order valence-electron chi connectivity index (χ1n) is 5.65. The Balaban J connectivity index is 2.62. The van der Waals surface area contributed by atoms with Gasteiger partial charge in [0.25, 0.3) is 5.91 Å². The van der Waals surface area contributed by atoms with E-state index in [1.54, 1.807) is 14.0 Å². The molecule has 6 heteroatoms. The Morgan fingerprint density at radius 2 is 2.35 bits per heavy atom. The van der Waals surface area contributed by atoms with E-state index >= 15 is 0 Å². The smallest absolute Gasteiger partial charge is 0.271 e. The molecule has 1 amide bonds. The number of anilines is 1. The maximum absolute atomic E-state index is 11.8. The van der Waals surface area contributed by atoms with Crippen molar-refractivity contribution in [2.45, 2.75) is 32.3 Å². The van der Waals surface area contributed by atoms with Crippen molar-refractivity contribution in [3.05, 3.63) is 11.9 Å². The monoisotopic (exact) mass is 240 g/mol. The van der Waals surface area contributed by atoms with Crippen LogP contribution in [0, 0.1) is 0 Å². The van der Waals surface area contributed by atoms with E-state index < -0.39 is 5.60 Å². The Bertz CT molecular complexity index is 379. The van der Waals surface area contributed by atoms with Gasteiger partial charge in [0.05, 0.1) is 17.5 Å². The number of aryl methyl sites for hydroxylation is 1. The molecule has 1 aromatic rings. The Kier molecular flexibility index (Phi) is 4.11. The SMILES string of the molecule is CCCC(C)(O)CNC(=O)c1c(N)cnn1C. The fourth-order valence-electron chi connectivity index (χ4n) is 1.71. The molecule has 1 aromatic heterocycles. The van der Waals surface area contributed by atoms with Gasteiger partial charge in [-0.3, -0.25) is 9.48 Å². The molecule has 0 aromatic carbocycles. The highest BCUT2D eigenvalue weighted by atomic mass is 16.3. The van der Waals surface area contributed by atoms with Crippen molar-refractivity contribution < 1.29 is 9.90 Å². The summed E-state index contributed by atoms with van der Waals surface area (Å²) in [6.07, 6.45) is 2.92. The first-order valence-corrected chi connectivity index (χ1v) is 5.65. The van der Waals surface area contributed by atoms with Gasteiger partial charge in [-0.05, 0) is 13.3 Å². The number of carbonyl (C=O) groups is 1. The zero-order valence-corrected chi connectivity index (χ0v) is 10.5. The Hall–Kier alpha value is -1.56. The molecule has 6 nitrogen and oxygen atoms in total. The van der Waals surface area contributed by atoms with Gasteiger partial charge in [0, 0.05) is 13.6 Å². The first-order chi connectivity index (χ1) is 7.87. The highest BCUT2D eigenvalue weighted by Gasteiger charge is 2.22. The zero-order chi connectivity index (χ0) is 13.1. The second-order valence-electron chi connectivity index (χ2n) is 4.50. The lowest BCUT2D eigenvalue weighted by Gasteiger charge is -2.22. The van der Waals surface area contributed by atoms with Crippen LogP contribution in [0.1, 0.15) is 37.2 Å². The Labute approximate surface area is 101 Å². The standard InChI is InChI=1S/C11H20N4O2/c1-4-5-11(2,17)7-13-10(16)9-8(12)6-14-15(9)3/h6,17H,4-5,7,12H2,1-3H3,(H,13,16). The van der Waals surface area contributed by atoms with Crippen LogP contribution in [0.15, 0.2) is 6.20 Å². The molecule has 0 aliphatic carbocycles. The highest BCUT2D eigenvalue weighted by molar-refractivity contribution is 5.97. The van der Waals surface area contributed by atoms with E-state index in [1.165, 1.54) is 10.9 Å². The minimum Gasteiger partial charge on any atom is -0.396 e. The van der Waals surface area contributed by atoms with Crippen LogP contribution in [0.2, 0.25) is 0 Å². The second-order valence-corrected chi connectivity index (χ2v) is 4.50. The molecule has 0 aliphatic rings. The fourth-order valence-corrected chi connectivity index (χ4v) is 1.71. The van der Waals surface area contributed by atoms with Crippen LogP contribution < -0.4 is 11.1 Å². The first kappa shape index (κ1) is 13.5. The number of nitrogens with two attached hydrogens (primary N) is 1. The molecule has 0 radical (unpaired) electrons. The molecule has 1 atom stereocenters. The van der Waals surface area contributed by atoms with E-state index in [9.17, 15) is 9.90 Å². The van der Waals surface area contributed by atoms with Crippen LogP contribution >= 0.6 is 0 Å². The molecular weight excluding hydrogens is 220 g/mol. The average Bonchev–Trinajstić information content (AvgIpc) is 2.55. The molecule has 96 valence electrons. The fraction of sp³-hybridized carbons (Fsp3) is 0.636. The van der Waals surface area contributed by atoms with Crippen LogP contribution in [0.25, 0.3) is 0 Å². The summed E-state index contributed by atoms with van der Waals surface area (Å²) in [5.74, 6) is -0.320. The van der Waals surface area contributed by atoms with E-state index in [4.69, 9.17) is 5.73 Å². The van der Waals surface area contributed by atoms with Gasteiger partial charge >= 0.3 is 0 Å². The minimum absolute atomic E-state index is 0.199. The van der Waals surface area contributed by atoms with Crippen molar-refractivity contribution in [2.75, 3.05) is 12.3 Å². The predicted octanol–water partition coefficient (Wildman–Crippen LogP) is 0.283. The lowest BCUT2D eigenvalue weighted by Crippen LogP contribution is -2.41. The van der Waals surface area contributed by atoms with Gasteiger partial charge in [-0.25, -0.2) is 0 Å². The van der Waals surface area contributed by atoms with Gasteiger partial charge in [0.2, 0.25) is 0 Å². The molecule has 0 spiro atoms. The van der Waals surface area contributed by atoms with Gasteiger partial charge in [-0.2, -0.15) is 5.10 Å². The number of nitrogen functional groups attached to an aromatic ring is 1. The van der Waals surface area contributed by atoms with E-state index in [2.05, 4.69) is 10.4 Å². The predicted molar refractivity (Wildman–Crippen MR) is 65.5 cm³/mol. The maximum Gasteiger partial charge on any atom is 0.271 e. The third-order valence-corrected chi connectivity index (χ3v) is 2.60.